The van der Waals surface area contributed by atoms with Gasteiger partial charge in [-0.05, 0) is 48.7 Å². The molecule has 1 aliphatic heterocycles. The van der Waals surface area contributed by atoms with Gasteiger partial charge in [-0.3, -0.25) is 14.5 Å². The van der Waals surface area contributed by atoms with E-state index < -0.39 is 17.7 Å². The Balaban J connectivity index is 1.69. The molecule has 4 aromatic rings. The van der Waals surface area contributed by atoms with E-state index in [1.165, 1.54) is 16.2 Å². The van der Waals surface area contributed by atoms with Gasteiger partial charge in [-0.25, -0.2) is 4.98 Å². The normalized spacial score (nSPS) is 17.1. The van der Waals surface area contributed by atoms with Crippen molar-refractivity contribution in [3.8, 4) is 5.75 Å². The first kappa shape index (κ1) is 23.5. The van der Waals surface area contributed by atoms with Gasteiger partial charge in [-0.2, -0.15) is 0 Å². The smallest absolute Gasteiger partial charge is 0.301 e. The lowest BCUT2D eigenvalue weighted by molar-refractivity contribution is -0.132. The lowest BCUT2D eigenvalue weighted by atomic mass is 9.95. The number of nitrogens with zero attached hydrogens (tertiary/aromatic N) is 2. The summed E-state index contributed by atoms with van der Waals surface area (Å²) in [4.78, 5) is 32.9. The number of carbonyl (C=O) groups is 2. The molecule has 3 aromatic carbocycles. The molecule has 5 rings (SSSR count). The third-order valence-electron chi connectivity index (χ3n) is 6.08. The lowest BCUT2D eigenvalue weighted by Gasteiger charge is -2.23. The molecular formula is C29H24N2O4S. The molecule has 1 N–H and O–H groups in total. The number of benzene rings is 3. The number of ketones is 1. The summed E-state index contributed by atoms with van der Waals surface area (Å²) in [6.07, 6.45) is 1.65. The van der Waals surface area contributed by atoms with Crippen molar-refractivity contribution in [2.24, 2.45) is 0 Å². The Bertz CT molecular complexity index is 1520. The molecule has 0 spiro atoms. The van der Waals surface area contributed by atoms with E-state index in [0.717, 1.165) is 21.3 Å². The maximum Gasteiger partial charge on any atom is 0.301 e. The van der Waals surface area contributed by atoms with Crippen LogP contribution in [-0.2, 0) is 9.59 Å². The van der Waals surface area contributed by atoms with Gasteiger partial charge in [0.25, 0.3) is 5.78 Å². The van der Waals surface area contributed by atoms with Crippen molar-refractivity contribution in [2.75, 3.05) is 11.5 Å². The highest BCUT2D eigenvalue weighted by Crippen LogP contribution is 2.45. The SMILES string of the molecule is C=CCOc1ccc([C@@H]2/C(=C(\O)c3ccccc3)C(=O)C(=O)N2c2nc3c(C)cc(C)cc3s2)cc1. The first-order valence-corrected chi connectivity index (χ1v) is 12.3. The predicted octanol–water partition coefficient (Wildman–Crippen LogP) is 6.10. The summed E-state index contributed by atoms with van der Waals surface area (Å²) in [5, 5.41) is 11.6. The maximum absolute atomic E-state index is 13.4. The van der Waals surface area contributed by atoms with Crippen LogP contribution in [0, 0.1) is 13.8 Å². The second-order valence-electron chi connectivity index (χ2n) is 8.63. The molecular weight excluding hydrogens is 472 g/mol. The van der Waals surface area contributed by atoms with Gasteiger partial charge in [0, 0.05) is 5.56 Å². The molecule has 7 heteroatoms. The number of amides is 1. The number of hydrogen-bond donors (Lipinski definition) is 1. The lowest BCUT2D eigenvalue weighted by Crippen LogP contribution is -2.29. The standard InChI is InChI=1S/C29H24N2O4S/c1-4-14-35-21-12-10-19(11-13-21)25-23(26(32)20-8-6-5-7-9-20)27(33)28(34)31(25)29-30-24-18(3)15-17(2)16-22(24)36-29/h4-13,15-16,25,32H,1,14H2,2-3H3/b26-23+/t25-/m1/s1. The Kier molecular flexibility index (Phi) is 6.16. The summed E-state index contributed by atoms with van der Waals surface area (Å²) in [5.74, 6) is -1.07. The molecule has 1 atom stereocenters. The molecule has 0 unspecified atom stereocenters. The number of aromatic nitrogens is 1. The molecule has 1 fully saturated rings. The Morgan fingerprint density at radius 1 is 1.11 bits per heavy atom. The van der Waals surface area contributed by atoms with Crippen LogP contribution in [0.15, 0.2) is 85.0 Å². The van der Waals surface area contributed by atoms with E-state index in [9.17, 15) is 14.7 Å². The van der Waals surface area contributed by atoms with Crippen molar-refractivity contribution in [2.45, 2.75) is 19.9 Å². The highest BCUT2D eigenvalue weighted by molar-refractivity contribution is 7.22. The largest absolute Gasteiger partial charge is 0.507 e. The van der Waals surface area contributed by atoms with Crippen LogP contribution in [0.3, 0.4) is 0 Å². The van der Waals surface area contributed by atoms with Gasteiger partial charge in [0.15, 0.2) is 5.13 Å². The van der Waals surface area contributed by atoms with Crippen molar-refractivity contribution in [3.63, 3.8) is 0 Å². The van der Waals surface area contributed by atoms with Crippen LogP contribution in [0.4, 0.5) is 5.13 Å². The number of aliphatic hydroxyl groups excluding tert-OH is 1. The average Bonchev–Trinajstić information content (AvgIpc) is 3.42. The van der Waals surface area contributed by atoms with E-state index in [2.05, 4.69) is 6.58 Å². The number of anilines is 1. The van der Waals surface area contributed by atoms with Crippen molar-refractivity contribution in [3.05, 3.63) is 107 Å². The zero-order chi connectivity index (χ0) is 25.4. The number of carbonyl (C=O) groups excluding carboxylic acids is 2. The number of rotatable bonds is 6. The zero-order valence-electron chi connectivity index (χ0n) is 19.9. The molecule has 6 nitrogen and oxygen atoms in total. The summed E-state index contributed by atoms with van der Waals surface area (Å²) < 4.78 is 6.53. The van der Waals surface area contributed by atoms with E-state index in [0.29, 0.717) is 28.6 Å². The fraction of sp³-hybridized carbons (Fsp3) is 0.138. The van der Waals surface area contributed by atoms with Crippen LogP contribution in [0.5, 0.6) is 5.75 Å². The highest BCUT2D eigenvalue weighted by Gasteiger charge is 2.48. The van der Waals surface area contributed by atoms with E-state index in [1.54, 1.807) is 54.6 Å². The fourth-order valence-electron chi connectivity index (χ4n) is 4.46. The maximum atomic E-state index is 13.4. The van der Waals surface area contributed by atoms with Crippen LogP contribution in [0.1, 0.15) is 28.3 Å². The summed E-state index contributed by atoms with van der Waals surface area (Å²) >= 11 is 1.35. The highest BCUT2D eigenvalue weighted by atomic mass is 32.1. The first-order valence-electron chi connectivity index (χ1n) is 11.5. The Morgan fingerprint density at radius 3 is 2.53 bits per heavy atom. The molecule has 0 radical (unpaired) electrons. The minimum absolute atomic E-state index is 0.0260. The molecule has 1 amide bonds. The Hall–Kier alpha value is -4.23. The van der Waals surface area contributed by atoms with Crippen LogP contribution >= 0.6 is 11.3 Å². The number of Topliss-reactive ketones (excluding diaryl/α,β-unsaturated/α-hetero) is 1. The zero-order valence-corrected chi connectivity index (χ0v) is 20.7. The van der Waals surface area contributed by atoms with Crippen molar-refractivity contribution in [1.82, 2.24) is 4.98 Å². The molecule has 36 heavy (non-hydrogen) atoms. The van der Waals surface area contributed by atoms with E-state index in [-0.39, 0.29) is 11.3 Å². The van der Waals surface area contributed by atoms with E-state index >= 15 is 0 Å². The number of ether oxygens (including phenoxy) is 1. The topological polar surface area (TPSA) is 79.7 Å². The molecule has 180 valence electrons. The Morgan fingerprint density at radius 2 is 1.83 bits per heavy atom. The monoisotopic (exact) mass is 496 g/mol. The minimum atomic E-state index is -0.847. The van der Waals surface area contributed by atoms with Crippen molar-refractivity contribution >= 4 is 44.1 Å². The van der Waals surface area contributed by atoms with Gasteiger partial charge < -0.3 is 9.84 Å². The van der Waals surface area contributed by atoms with Gasteiger partial charge in [0.2, 0.25) is 0 Å². The molecule has 0 aliphatic carbocycles. The molecule has 1 saturated heterocycles. The number of thiazole rings is 1. The third kappa shape index (κ3) is 4.07. The van der Waals surface area contributed by atoms with Crippen molar-refractivity contribution < 1.29 is 19.4 Å². The van der Waals surface area contributed by atoms with Crippen LogP contribution in [-0.4, -0.2) is 28.4 Å². The van der Waals surface area contributed by atoms with E-state index in [1.807, 2.05) is 32.0 Å². The summed E-state index contributed by atoms with van der Waals surface area (Å²) in [7, 11) is 0. The van der Waals surface area contributed by atoms with Gasteiger partial charge in [-0.1, -0.05) is 72.5 Å². The number of fused-ring (bicyclic) bond motifs is 1. The summed E-state index contributed by atoms with van der Waals surface area (Å²) in [6, 6.07) is 19.1. The van der Waals surface area contributed by atoms with Crippen LogP contribution in [0.25, 0.3) is 16.0 Å². The molecule has 1 aliphatic rings. The number of hydrogen-bond acceptors (Lipinski definition) is 6. The van der Waals surface area contributed by atoms with Gasteiger partial charge in [-0.15, -0.1) is 0 Å². The van der Waals surface area contributed by atoms with Gasteiger partial charge in [0.1, 0.15) is 18.1 Å². The second-order valence-corrected chi connectivity index (χ2v) is 9.64. The summed E-state index contributed by atoms with van der Waals surface area (Å²) in [5.41, 5.74) is 4.02. The van der Waals surface area contributed by atoms with E-state index in [4.69, 9.17) is 9.72 Å². The van der Waals surface area contributed by atoms with Crippen LogP contribution in [0.2, 0.25) is 0 Å². The van der Waals surface area contributed by atoms with Gasteiger partial charge in [0.05, 0.1) is 21.8 Å². The first-order chi connectivity index (χ1) is 17.4. The number of aryl methyl sites for hydroxylation is 2. The van der Waals surface area contributed by atoms with Crippen molar-refractivity contribution in [1.29, 1.82) is 0 Å². The van der Waals surface area contributed by atoms with Crippen LogP contribution < -0.4 is 9.64 Å². The fourth-order valence-corrected chi connectivity index (χ4v) is 5.63. The molecule has 0 saturated carbocycles. The molecule has 2 heterocycles. The molecule has 1 aromatic heterocycles. The number of aliphatic hydroxyl groups is 1. The molecule has 0 bridgehead atoms. The second kappa shape index (κ2) is 9.43. The predicted molar refractivity (Wildman–Crippen MR) is 142 cm³/mol. The summed E-state index contributed by atoms with van der Waals surface area (Å²) in [6.45, 7) is 8.00. The third-order valence-corrected chi connectivity index (χ3v) is 7.08. The minimum Gasteiger partial charge on any atom is -0.507 e. The Labute approximate surface area is 212 Å². The average molecular weight is 497 g/mol. The quantitative estimate of drug-likeness (QED) is 0.151. The van der Waals surface area contributed by atoms with Gasteiger partial charge >= 0.3 is 5.91 Å².